The van der Waals surface area contributed by atoms with E-state index in [1.54, 1.807) is 4.57 Å². The minimum absolute atomic E-state index is 0.133. The van der Waals surface area contributed by atoms with Gasteiger partial charge in [-0.1, -0.05) is 5.11 Å². The van der Waals surface area contributed by atoms with Gasteiger partial charge in [-0.2, -0.15) is 0 Å². The van der Waals surface area contributed by atoms with E-state index in [1.807, 2.05) is 0 Å². The number of azide groups is 1. The topological polar surface area (TPSA) is 154 Å². The second-order valence-electron chi connectivity index (χ2n) is 5.38. The summed E-state index contributed by atoms with van der Waals surface area (Å²) < 4.78 is 13.0. The molecule has 2 aliphatic rings. The number of carbonyl (C=O) groups is 1. The van der Waals surface area contributed by atoms with E-state index >= 15 is 0 Å². The van der Waals surface area contributed by atoms with Crippen LogP contribution in [0.1, 0.15) is 12.6 Å². The minimum Gasteiger partial charge on any atom is -0.457 e. The van der Waals surface area contributed by atoms with Gasteiger partial charge in [0.25, 0.3) is 0 Å². The third-order valence-electron chi connectivity index (χ3n) is 4.15. The third kappa shape index (κ3) is 2.05. The average molecular weight is 316 g/mol. The number of nitrogen functional groups attached to an aromatic ring is 1. The fourth-order valence-electron chi connectivity index (χ4n) is 3.14. The number of carbonyl (C=O) groups excluding carboxylic acids is 1. The smallest absolute Gasteiger partial charge is 0.306 e. The van der Waals surface area contributed by atoms with Crippen LogP contribution in [0.4, 0.5) is 5.82 Å². The van der Waals surface area contributed by atoms with Gasteiger partial charge in [-0.05, 0) is 5.53 Å². The van der Waals surface area contributed by atoms with Crippen LogP contribution in [-0.2, 0) is 14.3 Å². The number of hydrogen-bond donors (Lipinski definition) is 1. The van der Waals surface area contributed by atoms with E-state index in [2.05, 4.69) is 25.0 Å². The van der Waals surface area contributed by atoms with Gasteiger partial charge in [-0.25, -0.2) is 15.0 Å². The Balaban J connectivity index is 1.74. The van der Waals surface area contributed by atoms with Crippen LogP contribution >= 0.6 is 0 Å². The van der Waals surface area contributed by atoms with Gasteiger partial charge in [0.2, 0.25) is 0 Å². The Morgan fingerprint density at radius 3 is 3.17 bits per heavy atom. The Morgan fingerprint density at radius 1 is 1.48 bits per heavy atom. The molecule has 2 aromatic heterocycles. The maximum absolute atomic E-state index is 11.7. The molecule has 0 unspecified atom stereocenters. The largest absolute Gasteiger partial charge is 0.457 e. The molecule has 11 heteroatoms. The van der Waals surface area contributed by atoms with E-state index in [4.69, 9.17) is 20.7 Å². The third-order valence-corrected chi connectivity index (χ3v) is 4.15. The number of ether oxygens (including phenoxy) is 2. The van der Waals surface area contributed by atoms with E-state index in [1.165, 1.54) is 12.7 Å². The SMILES string of the molecule is [N-]=[N+]=NC[C@H]1O[C@@H](n2cnc3c(N)ncnc32)[C@@H]2OC(=O)C[C@@H]21. The summed E-state index contributed by atoms with van der Waals surface area (Å²) in [6.45, 7) is 0.133. The van der Waals surface area contributed by atoms with Gasteiger partial charge in [0.1, 0.15) is 11.8 Å². The standard InChI is InChI=1S/C12H12N8O3/c13-10-8-11(16-3-15-10)20(4-17-8)12-9-5(1-7(21)23-9)6(22-12)2-18-19-14/h3-6,9,12H,1-2H2,(H2,13,15,16)/t5-,6-,9-,12-/m1/s1. The fourth-order valence-corrected chi connectivity index (χ4v) is 3.14. The van der Waals surface area contributed by atoms with Gasteiger partial charge >= 0.3 is 5.97 Å². The summed E-state index contributed by atoms with van der Waals surface area (Å²) in [4.78, 5) is 26.7. The van der Waals surface area contributed by atoms with Crippen molar-refractivity contribution in [3.8, 4) is 0 Å². The van der Waals surface area contributed by atoms with Crippen LogP contribution in [0.15, 0.2) is 17.8 Å². The van der Waals surface area contributed by atoms with Crippen LogP contribution in [-0.4, -0.2) is 44.2 Å². The predicted octanol–water partition coefficient (Wildman–Crippen LogP) is 0.548. The van der Waals surface area contributed by atoms with E-state index in [-0.39, 0.29) is 30.7 Å². The van der Waals surface area contributed by atoms with Gasteiger partial charge in [-0.15, -0.1) is 0 Å². The Labute approximate surface area is 129 Å². The minimum atomic E-state index is -0.593. The lowest BCUT2D eigenvalue weighted by molar-refractivity contribution is -0.148. The summed E-state index contributed by atoms with van der Waals surface area (Å²) in [6, 6.07) is 0. The summed E-state index contributed by atoms with van der Waals surface area (Å²) in [7, 11) is 0. The summed E-state index contributed by atoms with van der Waals surface area (Å²) >= 11 is 0. The van der Waals surface area contributed by atoms with Gasteiger partial charge in [0.15, 0.2) is 23.8 Å². The zero-order valence-corrected chi connectivity index (χ0v) is 11.8. The summed E-state index contributed by atoms with van der Waals surface area (Å²) in [5.41, 5.74) is 15.2. The normalized spacial score (nSPS) is 29.3. The molecule has 0 aliphatic carbocycles. The van der Waals surface area contributed by atoms with Crippen LogP contribution in [0.25, 0.3) is 21.6 Å². The number of nitrogens with zero attached hydrogens (tertiary/aromatic N) is 7. The number of anilines is 1. The van der Waals surface area contributed by atoms with Crippen molar-refractivity contribution in [3.05, 3.63) is 23.1 Å². The van der Waals surface area contributed by atoms with Crippen molar-refractivity contribution >= 4 is 23.0 Å². The lowest BCUT2D eigenvalue weighted by atomic mass is 9.97. The first kappa shape index (κ1) is 13.7. The molecule has 0 radical (unpaired) electrons. The first-order chi connectivity index (χ1) is 11.2. The molecule has 4 heterocycles. The van der Waals surface area contributed by atoms with Crippen LogP contribution in [0.5, 0.6) is 0 Å². The van der Waals surface area contributed by atoms with Crippen molar-refractivity contribution in [2.75, 3.05) is 12.3 Å². The fraction of sp³-hybridized carbons (Fsp3) is 0.500. The number of fused-ring (bicyclic) bond motifs is 2. The molecular formula is C12H12N8O3. The van der Waals surface area contributed by atoms with Crippen molar-refractivity contribution in [1.29, 1.82) is 0 Å². The number of hydrogen-bond acceptors (Lipinski definition) is 8. The zero-order chi connectivity index (χ0) is 16.0. The second kappa shape index (κ2) is 5.07. The highest BCUT2D eigenvalue weighted by atomic mass is 16.6. The molecule has 2 saturated heterocycles. The molecule has 4 atom stereocenters. The van der Waals surface area contributed by atoms with Crippen molar-refractivity contribution in [2.24, 2.45) is 11.0 Å². The second-order valence-corrected chi connectivity index (χ2v) is 5.38. The van der Waals surface area contributed by atoms with Crippen LogP contribution < -0.4 is 5.73 Å². The highest BCUT2D eigenvalue weighted by Gasteiger charge is 2.52. The lowest BCUT2D eigenvalue weighted by Gasteiger charge is -2.18. The van der Waals surface area contributed by atoms with Gasteiger partial charge in [0, 0.05) is 10.8 Å². The molecule has 0 amide bonds. The molecule has 2 aromatic rings. The predicted molar refractivity (Wildman–Crippen MR) is 75.6 cm³/mol. The van der Waals surface area contributed by atoms with Gasteiger partial charge in [0.05, 0.1) is 25.4 Å². The summed E-state index contributed by atoms with van der Waals surface area (Å²) in [6.07, 6.45) is 1.62. The number of esters is 1. The van der Waals surface area contributed by atoms with Crippen molar-refractivity contribution < 1.29 is 14.3 Å². The Bertz CT molecular complexity index is 829. The number of imidazole rings is 1. The molecule has 0 bridgehead atoms. The Hall–Kier alpha value is -2.91. The van der Waals surface area contributed by atoms with Gasteiger partial charge in [-0.3, -0.25) is 9.36 Å². The number of rotatable bonds is 3. The quantitative estimate of drug-likeness (QED) is 0.375. The molecule has 2 aliphatic heterocycles. The average Bonchev–Trinajstić information content (AvgIpc) is 3.19. The van der Waals surface area contributed by atoms with Crippen molar-refractivity contribution in [3.63, 3.8) is 0 Å². The van der Waals surface area contributed by atoms with E-state index in [9.17, 15) is 4.79 Å². The maximum Gasteiger partial charge on any atom is 0.306 e. The van der Waals surface area contributed by atoms with Crippen molar-refractivity contribution in [1.82, 2.24) is 19.5 Å². The number of nitrogens with two attached hydrogens (primary N) is 1. The van der Waals surface area contributed by atoms with Gasteiger partial charge < -0.3 is 15.2 Å². The van der Waals surface area contributed by atoms with Crippen LogP contribution in [0, 0.1) is 5.92 Å². The number of aromatic nitrogens is 4. The molecule has 2 N–H and O–H groups in total. The molecule has 0 spiro atoms. The van der Waals surface area contributed by atoms with E-state index < -0.39 is 18.4 Å². The summed E-state index contributed by atoms with van der Waals surface area (Å²) in [5, 5.41) is 3.55. The highest BCUT2D eigenvalue weighted by Crippen LogP contribution is 2.43. The molecule has 4 rings (SSSR count). The van der Waals surface area contributed by atoms with Crippen LogP contribution in [0.2, 0.25) is 0 Å². The van der Waals surface area contributed by atoms with E-state index in [0.29, 0.717) is 11.2 Å². The molecule has 0 aromatic carbocycles. The Morgan fingerprint density at radius 2 is 2.35 bits per heavy atom. The summed E-state index contributed by atoms with van der Waals surface area (Å²) in [5.74, 6) is -0.204. The monoisotopic (exact) mass is 316 g/mol. The lowest BCUT2D eigenvalue weighted by Crippen LogP contribution is -2.23. The first-order valence-electron chi connectivity index (χ1n) is 6.98. The molecule has 11 nitrogen and oxygen atoms in total. The highest BCUT2D eigenvalue weighted by molar-refractivity contribution is 5.81. The molecule has 118 valence electrons. The van der Waals surface area contributed by atoms with Crippen molar-refractivity contribution in [2.45, 2.75) is 24.9 Å². The molecule has 0 saturated carbocycles. The molecule has 23 heavy (non-hydrogen) atoms. The Kier molecular flexibility index (Phi) is 3.03. The maximum atomic E-state index is 11.7. The van der Waals surface area contributed by atoms with Crippen LogP contribution in [0.3, 0.4) is 0 Å². The molecular weight excluding hydrogens is 304 g/mol. The zero-order valence-electron chi connectivity index (χ0n) is 11.8. The first-order valence-corrected chi connectivity index (χ1v) is 6.98. The van der Waals surface area contributed by atoms with E-state index in [0.717, 1.165) is 0 Å². The molecule has 2 fully saturated rings.